The minimum atomic E-state index is -0.494. The van der Waals surface area contributed by atoms with Gasteiger partial charge in [0.25, 0.3) is 5.88 Å². The maximum Gasteiger partial charge on any atom is 0.332 e. The van der Waals surface area contributed by atoms with Crippen molar-refractivity contribution in [3.63, 3.8) is 0 Å². The van der Waals surface area contributed by atoms with Crippen LogP contribution in [-0.2, 0) is 23.7 Å². The number of carbonyl (C=O) groups is 1. The lowest BCUT2D eigenvalue weighted by molar-refractivity contribution is -0.156. The highest BCUT2D eigenvalue weighted by Gasteiger charge is 2.23. The summed E-state index contributed by atoms with van der Waals surface area (Å²) < 4.78 is 35.5. The Labute approximate surface area is 176 Å². The van der Waals surface area contributed by atoms with Gasteiger partial charge >= 0.3 is 5.97 Å². The quantitative estimate of drug-likeness (QED) is 0.375. The molecule has 1 unspecified atom stereocenters. The van der Waals surface area contributed by atoms with Crippen molar-refractivity contribution in [3.05, 3.63) is 0 Å². The monoisotopic (exact) mass is 432 g/mol. The molecule has 0 amide bonds. The zero-order valence-corrected chi connectivity index (χ0v) is 18.5. The third-order valence-corrected chi connectivity index (χ3v) is 4.47. The Morgan fingerprint density at radius 1 is 1.28 bits per heavy atom. The highest BCUT2D eigenvalue weighted by molar-refractivity contribution is 6.99. The molecule has 1 atom stereocenters. The fraction of sp³-hybridized carbons (Fsp3) is 0.833. The van der Waals surface area contributed by atoms with Crippen LogP contribution in [-0.4, -0.2) is 92.7 Å². The summed E-state index contributed by atoms with van der Waals surface area (Å²) >= 11 is 1.10. The van der Waals surface area contributed by atoms with Crippen LogP contribution < -0.4 is 15.0 Å². The van der Waals surface area contributed by atoms with Crippen molar-refractivity contribution in [2.24, 2.45) is 0 Å². The van der Waals surface area contributed by atoms with Crippen LogP contribution >= 0.6 is 11.7 Å². The van der Waals surface area contributed by atoms with Crippen molar-refractivity contribution in [1.82, 2.24) is 14.1 Å². The van der Waals surface area contributed by atoms with Crippen molar-refractivity contribution in [3.8, 4) is 5.88 Å². The van der Waals surface area contributed by atoms with E-state index in [1.165, 1.54) is 0 Å². The average molecular weight is 433 g/mol. The second kappa shape index (κ2) is 12.2. The van der Waals surface area contributed by atoms with Crippen molar-refractivity contribution in [2.75, 3.05) is 71.3 Å². The summed E-state index contributed by atoms with van der Waals surface area (Å²) in [5, 5.41) is 3.33. The highest BCUT2D eigenvalue weighted by Crippen LogP contribution is 2.26. The molecule has 1 aromatic heterocycles. The van der Waals surface area contributed by atoms with Gasteiger partial charge in [-0.15, -0.1) is 4.37 Å². The largest absolute Gasteiger partial charge is 0.470 e. The molecule has 1 aromatic rings. The molecular formula is C18H32N4O6S. The molecule has 0 aliphatic carbocycles. The van der Waals surface area contributed by atoms with Gasteiger partial charge in [-0.3, -0.25) is 0 Å². The van der Waals surface area contributed by atoms with E-state index in [4.69, 9.17) is 23.7 Å². The van der Waals surface area contributed by atoms with E-state index in [-0.39, 0.29) is 18.8 Å². The van der Waals surface area contributed by atoms with Gasteiger partial charge in [-0.1, -0.05) is 0 Å². The number of carbonyl (C=O) groups excluding carboxylic acids is 1. The number of rotatable bonds is 12. The van der Waals surface area contributed by atoms with E-state index >= 15 is 0 Å². The van der Waals surface area contributed by atoms with Gasteiger partial charge in [0.2, 0.25) is 5.82 Å². The molecule has 1 N–H and O–H groups in total. The first-order valence-corrected chi connectivity index (χ1v) is 10.4. The van der Waals surface area contributed by atoms with Crippen LogP contribution in [0.5, 0.6) is 5.88 Å². The number of methoxy groups -OCH3 is 1. The molecule has 166 valence electrons. The number of ether oxygens (including phenoxy) is 5. The summed E-state index contributed by atoms with van der Waals surface area (Å²) in [7, 11) is 1.58. The SMILES string of the molecule is COCCOCC(=O)OC(CNC(C)(C)C)COc1nsnc1N1CCOCC1. The zero-order chi connectivity index (χ0) is 21.1. The molecule has 0 aromatic carbocycles. The number of morpholine rings is 1. The molecule has 2 rings (SSSR count). The van der Waals surface area contributed by atoms with Crippen molar-refractivity contribution in [2.45, 2.75) is 32.4 Å². The van der Waals surface area contributed by atoms with Crippen LogP contribution in [0.1, 0.15) is 20.8 Å². The van der Waals surface area contributed by atoms with Crippen LogP contribution in [0.15, 0.2) is 0 Å². The predicted octanol–water partition coefficient (Wildman–Crippen LogP) is 0.716. The maximum absolute atomic E-state index is 12.1. The third kappa shape index (κ3) is 9.22. The van der Waals surface area contributed by atoms with Crippen molar-refractivity contribution < 1.29 is 28.5 Å². The summed E-state index contributed by atoms with van der Waals surface area (Å²) in [6.07, 6.45) is -0.494. The summed E-state index contributed by atoms with van der Waals surface area (Å²) in [5.41, 5.74) is -0.124. The molecule has 1 saturated heterocycles. The Kier molecular flexibility index (Phi) is 10.0. The molecule has 2 heterocycles. The Morgan fingerprint density at radius 3 is 2.72 bits per heavy atom. The molecule has 11 heteroatoms. The van der Waals surface area contributed by atoms with Crippen LogP contribution in [0.25, 0.3) is 0 Å². The topological polar surface area (TPSA) is 104 Å². The van der Waals surface area contributed by atoms with Crippen LogP contribution in [0.2, 0.25) is 0 Å². The second-order valence-electron chi connectivity index (χ2n) is 7.59. The Hall–Kier alpha value is -1.53. The number of hydrogen-bond acceptors (Lipinski definition) is 11. The second-order valence-corrected chi connectivity index (χ2v) is 8.12. The fourth-order valence-electron chi connectivity index (χ4n) is 2.48. The van der Waals surface area contributed by atoms with Crippen LogP contribution in [0.4, 0.5) is 5.82 Å². The highest BCUT2D eigenvalue weighted by atomic mass is 32.1. The van der Waals surface area contributed by atoms with Gasteiger partial charge in [0.05, 0.1) is 38.2 Å². The number of esters is 1. The summed E-state index contributed by atoms with van der Waals surface area (Å²) in [6.45, 7) is 10.1. The lowest BCUT2D eigenvalue weighted by atomic mass is 10.1. The smallest absolute Gasteiger partial charge is 0.332 e. The molecule has 0 radical (unpaired) electrons. The molecule has 1 fully saturated rings. The first-order valence-electron chi connectivity index (χ1n) is 9.68. The third-order valence-electron chi connectivity index (χ3n) is 3.97. The molecule has 10 nitrogen and oxygen atoms in total. The normalized spacial score (nSPS) is 15.9. The molecule has 29 heavy (non-hydrogen) atoms. The molecule has 0 spiro atoms. The summed E-state index contributed by atoms with van der Waals surface area (Å²) in [4.78, 5) is 14.2. The summed E-state index contributed by atoms with van der Waals surface area (Å²) in [5.74, 6) is 0.704. The van der Waals surface area contributed by atoms with Gasteiger partial charge in [0.1, 0.15) is 19.3 Å². The Balaban J connectivity index is 1.89. The van der Waals surface area contributed by atoms with E-state index in [1.54, 1.807) is 7.11 Å². The first kappa shape index (κ1) is 23.7. The number of hydrogen-bond donors (Lipinski definition) is 1. The zero-order valence-electron chi connectivity index (χ0n) is 17.6. The van der Waals surface area contributed by atoms with E-state index in [0.717, 1.165) is 24.8 Å². The molecule has 0 saturated carbocycles. The van der Waals surface area contributed by atoms with E-state index in [9.17, 15) is 4.79 Å². The molecule has 1 aliphatic rings. The Morgan fingerprint density at radius 2 is 2.03 bits per heavy atom. The van der Waals surface area contributed by atoms with Crippen molar-refractivity contribution in [1.29, 1.82) is 0 Å². The number of aromatic nitrogens is 2. The standard InChI is InChI=1S/C18H32N4O6S/c1-18(2,3)19-11-14(28-15(23)13-26-10-9-24-4)12-27-17-16(20-29-21-17)22-5-7-25-8-6-22/h14,19H,5-13H2,1-4H3. The number of nitrogens with one attached hydrogen (secondary N) is 1. The minimum absolute atomic E-state index is 0.124. The predicted molar refractivity (Wildman–Crippen MR) is 109 cm³/mol. The summed E-state index contributed by atoms with van der Waals surface area (Å²) in [6, 6.07) is 0. The van der Waals surface area contributed by atoms with Gasteiger partial charge in [0, 0.05) is 32.3 Å². The lowest BCUT2D eigenvalue weighted by Crippen LogP contribution is -2.44. The van der Waals surface area contributed by atoms with E-state index in [2.05, 4.69) is 19.0 Å². The van der Waals surface area contributed by atoms with Crippen LogP contribution in [0, 0.1) is 0 Å². The maximum atomic E-state index is 12.1. The van der Waals surface area contributed by atoms with E-state index in [0.29, 0.717) is 44.7 Å². The number of nitrogens with zero attached hydrogens (tertiary/aromatic N) is 3. The van der Waals surface area contributed by atoms with Gasteiger partial charge in [-0.05, 0) is 20.8 Å². The number of anilines is 1. The first-order chi connectivity index (χ1) is 13.9. The van der Waals surface area contributed by atoms with E-state index < -0.39 is 12.1 Å². The lowest BCUT2D eigenvalue weighted by Gasteiger charge is -2.27. The van der Waals surface area contributed by atoms with E-state index in [1.807, 2.05) is 20.8 Å². The van der Waals surface area contributed by atoms with Gasteiger partial charge in [0.15, 0.2) is 0 Å². The van der Waals surface area contributed by atoms with Crippen molar-refractivity contribution >= 4 is 23.5 Å². The molecule has 1 aliphatic heterocycles. The molecule has 0 bridgehead atoms. The Bertz CT molecular complexity index is 603. The van der Waals surface area contributed by atoms with Gasteiger partial charge in [-0.2, -0.15) is 4.37 Å². The minimum Gasteiger partial charge on any atom is -0.470 e. The average Bonchev–Trinajstić information content (AvgIpc) is 3.16. The van der Waals surface area contributed by atoms with Crippen LogP contribution in [0.3, 0.4) is 0 Å². The van der Waals surface area contributed by atoms with Gasteiger partial charge in [-0.25, -0.2) is 4.79 Å². The fourth-order valence-corrected chi connectivity index (χ4v) is 3.00. The molecular weight excluding hydrogens is 400 g/mol. The van der Waals surface area contributed by atoms with Gasteiger partial charge < -0.3 is 33.9 Å².